The topological polar surface area (TPSA) is 29.3 Å². The van der Waals surface area contributed by atoms with Crippen LogP contribution in [0.5, 0.6) is 0 Å². The van der Waals surface area contributed by atoms with Gasteiger partial charge in [0.2, 0.25) is 0 Å². The van der Waals surface area contributed by atoms with E-state index in [1.807, 2.05) is 0 Å². The van der Waals surface area contributed by atoms with Crippen LogP contribution in [0.2, 0.25) is 0 Å². The first-order valence-electron chi connectivity index (χ1n) is 7.21. The smallest absolute Gasteiger partial charge is 0.0111 e. The third-order valence-corrected chi connectivity index (χ3v) is 5.60. The number of rotatable bonds is 3. The fourth-order valence-corrected chi connectivity index (χ4v) is 4.55. The lowest BCUT2D eigenvalue weighted by Crippen LogP contribution is -2.44. The van der Waals surface area contributed by atoms with Crippen LogP contribution >= 0.6 is 0 Å². The third kappa shape index (κ3) is 1.80. The molecule has 92 valence electrons. The van der Waals surface area contributed by atoms with Crippen molar-refractivity contribution in [2.75, 3.05) is 13.6 Å². The van der Waals surface area contributed by atoms with E-state index in [0.717, 1.165) is 23.8 Å². The molecule has 2 nitrogen and oxygen atoms in total. The van der Waals surface area contributed by atoms with Gasteiger partial charge >= 0.3 is 0 Å². The lowest BCUT2D eigenvalue weighted by molar-refractivity contribution is 0.161. The Morgan fingerprint density at radius 1 is 1.06 bits per heavy atom. The zero-order chi connectivity index (χ0) is 11.1. The molecule has 0 amide bonds. The number of nitrogens with two attached hydrogens (primary N) is 1. The first-order valence-corrected chi connectivity index (χ1v) is 7.21. The van der Waals surface area contributed by atoms with Crippen molar-refractivity contribution < 1.29 is 0 Å². The number of hydrogen-bond acceptors (Lipinski definition) is 2. The Kier molecular flexibility index (Phi) is 2.97. The van der Waals surface area contributed by atoms with Crippen LogP contribution in [0.3, 0.4) is 0 Å². The number of nitrogens with zero attached hydrogens (tertiary/aromatic N) is 1. The predicted octanol–water partition coefficient (Wildman–Crippen LogP) is 2.23. The van der Waals surface area contributed by atoms with Crippen molar-refractivity contribution in [3.63, 3.8) is 0 Å². The molecule has 16 heavy (non-hydrogen) atoms. The molecule has 3 aliphatic rings. The minimum Gasteiger partial charge on any atom is -0.327 e. The Morgan fingerprint density at radius 3 is 2.38 bits per heavy atom. The van der Waals surface area contributed by atoms with Gasteiger partial charge in [-0.2, -0.15) is 0 Å². The normalized spacial score (nSPS) is 43.7. The number of fused-ring (bicyclic) bond motifs is 2. The summed E-state index contributed by atoms with van der Waals surface area (Å²) in [6.07, 6.45) is 10.0. The van der Waals surface area contributed by atoms with E-state index in [9.17, 15) is 0 Å². The Bertz CT molecular complexity index is 245. The van der Waals surface area contributed by atoms with Crippen LogP contribution in [-0.4, -0.2) is 30.6 Å². The van der Waals surface area contributed by atoms with Gasteiger partial charge in [0.1, 0.15) is 0 Å². The molecule has 2 N–H and O–H groups in total. The maximum Gasteiger partial charge on any atom is 0.0111 e. The molecular weight excluding hydrogens is 196 g/mol. The third-order valence-electron chi connectivity index (χ3n) is 5.60. The summed E-state index contributed by atoms with van der Waals surface area (Å²) >= 11 is 0. The van der Waals surface area contributed by atoms with Crippen molar-refractivity contribution in [2.45, 2.75) is 57.0 Å². The largest absolute Gasteiger partial charge is 0.327 e. The van der Waals surface area contributed by atoms with Gasteiger partial charge in [0.25, 0.3) is 0 Å². The lowest BCUT2D eigenvalue weighted by Gasteiger charge is -2.34. The summed E-state index contributed by atoms with van der Waals surface area (Å²) in [5.74, 6) is 2.64. The van der Waals surface area contributed by atoms with E-state index in [4.69, 9.17) is 5.73 Å². The van der Waals surface area contributed by atoms with Crippen molar-refractivity contribution >= 4 is 0 Å². The second-order valence-electron chi connectivity index (χ2n) is 6.45. The molecular formula is C14H26N2. The fourth-order valence-electron chi connectivity index (χ4n) is 4.55. The molecule has 3 fully saturated rings. The van der Waals surface area contributed by atoms with Crippen LogP contribution in [0.1, 0.15) is 44.9 Å². The summed E-state index contributed by atoms with van der Waals surface area (Å²) in [5, 5.41) is 0. The Hall–Kier alpha value is -0.0800. The van der Waals surface area contributed by atoms with E-state index in [1.165, 1.54) is 51.5 Å². The van der Waals surface area contributed by atoms with Gasteiger partial charge < -0.3 is 10.6 Å². The molecule has 3 aliphatic carbocycles. The van der Waals surface area contributed by atoms with Gasteiger partial charge in [0, 0.05) is 18.6 Å². The van der Waals surface area contributed by atoms with Crippen LogP contribution in [0.15, 0.2) is 0 Å². The quantitative estimate of drug-likeness (QED) is 0.793. The molecule has 2 heteroatoms. The first-order chi connectivity index (χ1) is 7.75. The molecule has 3 rings (SSSR count). The average Bonchev–Trinajstić information content (AvgIpc) is 2.96. The second kappa shape index (κ2) is 4.30. The Morgan fingerprint density at radius 2 is 1.75 bits per heavy atom. The molecule has 0 aromatic heterocycles. The minimum atomic E-state index is 0.516. The summed E-state index contributed by atoms with van der Waals surface area (Å²) < 4.78 is 0. The highest BCUT2D eigenvalue weighted by Gasteiger charge is 2.46. The maximum atomic E-state index is 6.38. The van der Waals surface area contributed by atoms with Crippen LogP contribution < -0.4 is 5.73 Å². The second-order valence-corrected chi connectivity index (χ2v) is 6.45. The molecule has 4 atom stereocenters. The standard InChI is InChI=1S/C14H26N2/c1-16(12-4-2-3-5-12)9-13-10-6-7-11(8-10)14(13)15/h10-14H,2-9,15H2,1H3. The van der Waals surface area contributed by atoms with Gasteiger partial charge in [-0.3, -0.25) is 0 Å². The molecule has 4 unspecified atom stereocenters. The van der Waals surface area contributed by atoms with Crippen molar-refractivity contribution in [1.29, 1.82) is 0 Å². The SMILES string of the molecule is CN(CC1C2CCC(C2)C1N)C1CCCC1. The minimum absolute atomic E-state index is 0.516. The van der Waals surface area contributed by atoms with Crippen molar-refractivity contribution in [2.24, 2.45) is 23.5 Å². The van der Waals surface area contributed by atoms with E-state index in [-0.39, 0.29) is 0 Å². The van der Waals surface area contributed by atoms with E-state index in [1.54, 1.807) is 0 Å². The summed E-state index contributed by atoms with van der Waals surface area (Å²) in [6, 6.07) is 1.38. The molecule has 0 aliphatic heterocycles. The van der Waals surface area contributed by atoms with Crippen LogP contribution in [-0.2, 0) is 0 Å². The van der Waals surface area contributed by atoms with Crippen LogP contribution in [0.4, 0.5) is 0 Å². The van der Waals surface area contributed by atoms with Crippen LogP contribution in [0.25, 0.3) is 0 Å². The van der Waals surface area contributed by atoms with E-state index in [2.05, 4.69) is 11.9 Å². The van der Waals surface area contributed by atoms with Gasteiger partial charge in [0.15, 0.2) is 0 Å². The van der Waals surface area contributed by atoms with Gasteiger partial charge in [0.05, 0.1) is 0 Å². The summed E-state index contributed by atoms with van der Waals surface area (Å²) in [6.45, 7) is 1.27. The summed E-state index contributed by atoms with van der Waals surface area (Å²) in [7, 11) is 2.33. The zero-order valence-electron chi connectivity index (χ0n) is 10.6. The fraction of sp³-hybridized carbons (Fsp3) is 1.00. The molecule has 0 spiro atoms. The highest BCUT2D eigenvalue weighted by atomic mass is 15.1. The van der Waals surface area contributed by atoms with Gasteiger partial charge in [-0.25, -0.2) is 0 Å². The molecule has 3 saturated carbocycles. The maximum absolute atomic E-state index is 6.38. The van der Waals surface area contributed by atoms with Gasteiger partial charge in [-0.1, -0.05) is 12.8 Å². The lowest BCUT2D eigenvalue weighted by atomic mass is 9.84. The molecule has 2 bridgehead atoms. The number of hydrogen-bond donors (Lipinski definition) is 1. The summed E-state index contributed by atoms with van der Waals surface area (Å²) in [4.78, 5) is 2.62. The van der Waals surface area contributed by atoms with E-state index < -0.39 is 0 Å². The molecule has 0 radical (unpaired) electrons. The molecule has 0 heterocycles. The van der Waals surface area contributed by atoms with Crippen molar-refractivity contribution in [1.82, 2.24) is 4.90 Å². The molecule has 0 aromatic carbocycles. The highest BCUT2D eigenvalue weighted by Crippen LogP contribution is 2.48. The molecule has 0 aromatic rings. The zero-order valence-corrected chi connectivity index (χ0v) is 10.6. The van der Waals surface area contributed by atoms with Crippen molar-refractivity contribution in [3.8, 4) is 0 Å². The first kappa shape index (κ1) is 11.0. The highest BCUT2D eigenvalue weighted by molar-refractivity contribution is 5.00. The Labute approximate surface area is 99.6 Å². The molecule has 0 saturated heterocycles. The monoisotopic (exact) mass is 222 g/mol. The predicted molar refractivity (Wildman–Crippen MR) is 67.2 cm³/mol. The van der Waals surface area contributed by atoms with Crippen molar-refractivity contribution in [3.05, 3.63) is 0 Å². The van der Waals surface area contributed by atoms with E-state index in [0.29, 0.717) is 6.04 Å². The van der Waals surface area contributed by atoms with Crippen LogP contribution in [0, 0.1) is 17.8 Å². The Balaban J connectivity index is 1.57. The van der Waals surface area contributed by atoms with Gasteiger partial charge in [-0.15, -0.1) is 0 Å². The average molecular weight is 222 g/mol. The van der Waals surface area contributed by atoms with Gasteiger partial charge in [-0.05, 0) is 56.9 Å². The summed E-state index contributed by atoms with van der Waals surface area (Å²) in [5.41, 5.74) is 6.38. The van der Waals surface area contributed by atoms with E-state index >= 15 is 0 Å².